The van der Waals surface area contributed by atoms with E-state index in [9.17, 15) is 0 Å². The van der Waals surface area contributed by atoms with Gasteiger partial charge in [-0.3, -0.25) is 9.89 Å². The molecule has 0 atom stereocenters. The highest BCUT2D eigenvalue weighted by atomic mass is 127. The van der Waals surface area contributed by atoms with Gasteiger partial charge in [0.15, 0.2) is 5.96 Å². The summed E-state index contributed by atoms with van der Waals surface area (Å²) in [7, 11) is 0. The van der Waals surface area contributed by atoms with E-state index in [-0.39, 0.29) is 24.0 Å². The van der Waals surface area contributed by atoms with Crippen LogP contribution in [0.1, 0.15) is 18.6 Å². The van der Waals surface area contributed by atoms with Gasteiger partial charge in [0.1, 0.15) is 5.76 Å². The van der Waals surface area contributed by atoms with Crippen molar-refractivity contribution in [2.45, 2.75) is 25.3 Å². The number of aliphatic imine (C=N–C) groups is 1. The second kappa shape index (κ2) is 11.5. The first-order valence-corrected chi connectivity index (χ1v) is 8.92. The molecule has 6 nitrogen and oxygen atoms in total. The molecule has 0 aromatic carbocycles. The first-order chi connectivity index (χ1) is 11.9. The summed E-state index contributed by atoms with van der Waals surface area (Å²) in [6, 6.07) is 4.39. The number of furan rings is 1. The van der Waals surface area contributed by atoms with Crippen LogP contribution in [-0.2, 0) is 11.2 Å². The van der Waals surface area contributed by atoms with Crippen LogP contribution in [0.4, 0.5) is 0 Å². The zero-order chi connectivity index (χ0) is 16.5. The average molecular weight is 460 g/mol. The van der Waals surface area contributed by atoms with Crippen molar-refractivity contribution < 1.29 is 9.15 Å². The molecule has 0 unspecified atom stereocenters. The average Bonchev–Trinajstić information content (AvgIpc) is 3.29. The lowest BCUT2D eigenvalue weighted by molar-refractivity contribution is 0.0394. The summed E-state index contributed by atoms with van der Waals surface area (Å²) in [6.45, 7) is 6.30. The Hall–Kier alpha value is -1.06. The molecule has 0 spiro atoms. The van der Waals surface area contributed by atoms with Crippen LogP contribution in [0.25, 0.3) is 0 Å². The standard InChI is InChI=1S/C18H28N4O2.HI/c1-2-5-16(4-1)21-18(19-8-7-17-6-3-13-24-17)20-9-10-22-11-14-23-15-12-22;/h1-3,6,13,16H,4-5,7-12,14-15H2,(H2,19,20,21);1H. The zero-order valence-corrected chi connectivity index (χ0v) is 17.0. The molecule has 25 heavy (non-hydrogen) atoms. The molecule has 0 radical (unpaired) electrons. The summed E-state index contributed by atoms with van der Waals surface area (Å²) < 4.78 is 10.8. The van der Waals surface area contributed by atoms with Gasteiger partial charge < -0.3 is 19.8 Å². The maximum atomic E-state index is 5.39. The van der Waals surface area contributed by atoms with Gasteiger partial charge in [-0.2, -0.15) is 0 Å². The largest absolute Gasteiger partial charge is 0.469 e. The van der Waals surface area contributed by atoms with E-state index >= 15 is 0 Å². The molecule has 1 aliphatic heterocycles. The first-order valence-electron chi connectivity index (χ1n) is 8.92. The van der Waals surface area contributed by atoms with Crippen LogP contribution in [0, 0.1) is 0 Å². The highest BCUT2D eigenvalue weighted by molar-refractivity contribution is 14.0. The fraction of sp³-hybridized carbons (Fsp3) is 0.611. The molecule has 2 N–H and O–H groups in total. The lowest BCUT2D eigenvalue weighted by Gasteiger charge is -2.26. The number of hydrogen-bond donors (Lipinski definition) is 2. The Bertz CT molecular complexity index is 519. The summed E-state index contributed by atoms with van der Waals surface area (Å²) >= 11 is 0. The molecule has 2 aliphatic rings. The quantitative estimate of drug-likeness (QED) is 0.282. The van der Waals surface area contributed by atoms with Crippen LogP contribution in [-0.4, -0.2) is 62.8 Å². The number of ether oxygens (including phenoxy) is 1. The Morgan fingerprint density at radius 1 is 1.24 bits per heavy atom. The fourth-order valence-corrected chi connectivity index (χ4v) is 2.97. The van der Waals surface area contributed by atoms with Gasteiger partial charge in [-0.25, -0.2) is 0 Å². The van der Waals surface area contributed by atoms with Gasteiger partial charge in [0.2, 0.25) is 0 Å². The molecular weight excluding hydrogens is 431 g/mol. The Labute approximate surface area is 167 Å². The molecule has 3 rings (SSSR count). The molecule has 0 amide bonds. The molecule has 1 saturated heterocycles. The fourth-order valence-electron chi connectivity index (χ4n) is 2.97. The molecule has 0 bridgehead atoms. The number of hydrogen-bond acceptors (Lipinski definition) is 4. The summed E-state index contributed by atoms with van der Waals surface area (Å²) in [4.78, 5) is 7.16. The Morgan fingerprint density at radius 2 is 2.04 bits per heavy atom. The van der Waals surface area contributed by atoms with E-state index in [2.05, 4.69) is 27.7 Å². The molecule has 1 aromatic rings. The molecule has 2 heterocycles. The van der Waals surface area contributed by atoms with Crippen molar-refractivity contribution in [1.82, 2.24) is 15.5 Å². The van der Waals surface area contributed by atoms with Crippen LogP contribution < -0.4 is 10.6 Å². The Morgan fingerprint density at radius 3 is 2.76 bits per heavy atom. The van der Waals surface area contributed by atoms with Crippen molar-refractivity contribution in [3.63, 3.8) is 0 Å². The minimum absolute atomic E-state index is 0. The second-order valence-corrected chi connectivity index (χ2v) is 6.22. The van der Waals surface area contributed by atoms with Crippen molar-refractivity contribution in [1.29, 1.82) is 0 Å². The van der Waals surface area contributed by atoms with E-state index in [1.807, 2.05) is 12.1 Å². The van der Waals surface area contributed by atoms with Gasteiger partial charge >= 0.3 is 0 Å². The molecule has 140 valence electrons. The van der Waals surface area contributed by atoms with Gasteiger partial charge in [-0.1, -0.05) is 12.2 Å². The van der Waals surface area contributed by atoms with Crippen molar-refractivity contribution in [3.05, 3.63) is 36.3 Å². The van der Waals surface area contributed by atoms with E-state index in [1.165, 1.54) is 0 Å². The summed E-state index contributed by atoms with van der Waals surface area (Å²) in [5.74, 6) is 1.90. The van der Waals surface area contributed by atoms with Crippen LogP contribution in [0.5, 0.6) is 0 Å². The lowest BCUT2D eigenvalue weighted by atomic mass is 10.2. The monoisotopic (exact) mass is 460 g/mol. The van der Waals surface area contributed by atoms with Gasteiger partial charge in [0, 0.05) is 38.6 Å². The SMILES string of the molecule is C1=CCC(NC(=NCCN2CCOCC2)NCCc2ccco2)C1.I. The van der Waals surface area contributed by atoms with E-state index < -0.39 is 0 Å². The van der Waals surface area contributed by atoms with Gasteiger partial charge in [0.05, 0.1) is 26.0 Å². The maximum Gasteiger partial charge on any atom is 0.191 e. The smallest absolute Gasteiger partial charge is 0.191 e. The predicted molar refractivity (Wildman–Crippen MR) is 111 cm³/mol. The van der Waals surface area contributed by atoms with Crippen LogP contribution in [0.15, 0.2) is 40.0 Å². The normalized spacial score (nSPS) is 19.0. The Kier molecular flexibility index (Phi) is 9.35. The third-order valence-electron chi connectivity index (χ3n) is 4.38. The third-order valence-corrected chi connectivity index (χ3v) is 4.38. The predicted octanol–water partition coefficient (Wildman–Crippen LogP) is 2.03. The zero-order valence-electron chi connectivity index (χ0n) is 14.7. The van der Waals surface area contributed by atoms with Crippen molar-refractivity contribution in [3.8, 4) is 0 Å². The maximum absolute atomic E-state index is 5.39. The number of halogens is 1. The number of rotatable bonds is 7. The molecule has 7 heteroatoms. The highest BCUT2D eigenvalue weighted by Crippen LogP contribution is 2.08. The van der Waals surface area contributed by atoms with Crippen LogP contribution >= 0.6 is 24.0 Å². The van der Waals surface area contributed by atoms with E-state index in [4.69, 9.17) is 14.1 Å². The topological polar surface area (TPSA) is 62.0 Å². The minimum atomic E-state index is 0. The number of guanidine groups is 1. The summed E-state index contributed by atoms with van der Waals surface area (Å²) in [5, 5.41) is 6.97. The van der Waals surface area contributed by atoms with Gasteiger partial charge in [-0.05, 0) is 25.0 Å². The van der Waals surface area contributed by atoms with Gasteiger partial charge in [-0.15, -0.1) is 24.0 Å². The number of nitrogens with zero attached hydrogens (tertiary/aromatic N) is 2. The summed E-state index contributed by atoms with van der Waals surface area (Å²) in [5.41, 5.74) is 0. The molecule has 1 aromatic heterocycles. The molecule has 1 fully saturated rings. The highest BCUT2D eigenvalue weighted by Gasteiger charge is 2.13. The Balaban J connectivity index is 0.00000225. The molecule has 0 saturated carbocycles. The van der Waals surface area contributed by atoms with Crippen LogP contribution in [0.2, 0.25) is 0 Å². The van der Waals surface area contributed by atoms with Crippen LogP contribution in [0.3, 0.4) is 0 Å². The summed E-state index contributed by atoms with van der Waals surface area (Å²) in [6.07, 6.45) is 9.18. The van der Waals surface area contributed by atoms with Gasteiger partial charge in [0.25, 0.3) is 0 Å². The molecular formula is C18H29IN4O2. The second-order valence-electron chi connectivity index (χ2n) is 6.22. The third kappa shape index (κ3) is 7.37. The molecule has 1 aliphatic carbocycles. The van der Waals surface area contributed by atoms with Crippen molar-refractivity contribution in [2.75, 3.05) is 45.9 Å². The number of morpholine rings is 1. The van der Waals surface area contributed by atoms with E-state index in [0.717, 1.165) is 76.9 Å². The van der Waals surface area contributed by atoms with E-state index in [1.54, 1.807) is 6.26 Å². The minimum Gasteiger partial charge on any atom is -0.469 e. The number of nitrogens with one attached hydrogen (secondary N) is 2. The van der Waals surface area contributed by atoms with E-state index in [0.29, 0.717) is 6.04 Å². The first kappa shape index (κ1) is 20.3. The van der Waals surface area contributed by atoms with Crippen molar-refractivity contribution in [2.24, 2.45) is 4.99 Å². The van der Waals surface area contributed by atoms with Crippen molar-refractivity contribution >= 4 is 29.9 Å². The lowest BCUT2D eigenvalue weighted by Crippen LogP contribution is -2.44.